The topological polar surface area (TPSA) is 48.5 Å². The molecule has 0 aliphatic carbocycles. The first-order chi connectivity index (χ1) is 8.40. The molecule has 0 aliphatic heterocycles. The van der Waals surface area contributed by atoms with E-state index in [-0.39, 0.29) is 0 Å². The Kier molecular flexibility index (Phi) is 3.90. The fourth-order valence-corrected chi connectivity index (χ4v) is 1.74. The van der Waals surface area contributed by atoms with E-state index in [4.69, 9.17) is 5.26 Å². The largest absolute Gasteiger partial charge is 0.185 e. The molecule has 0 aliphatic rings. The van der Waals surface area contributed by atoms with Crippen molar-refractivity contribution in [2.75, 3.05) is 0 Å². The van der Waals surface area contributed by atoms with E-state index in [2.05, 4.69) is 10.2 Å². The summed E-state index contributed by atoms with van der Waals surface area (Å²) in [5.41, 5.74) is 1.51. The first-order valence-corrected chi connectivity index (χ1v) is 5.83. The van der Waals surface area contributed by atoms with Gasteiger partial charge in [-0.2, -0.15) is 10.4 Å². The molecule has 0 amide bonds. The molecule has 2 rings (SSSR count). The van der Waals surface area contributed by atoms with Gasteiger partial charge in [0, 0.05) is 4.90 Å². The summed E-state index contributed by atoms with van der Waals surface area (Å²) < 4.78 is 0. The maximum absolute atomic E-state index is 8.67. The van der Waals surface area contributed by atoms with Crippen LogP contribution in [0.2, 0.25) is 0 Å². The summed E-state index contributed by atoms with van der Waals surface area (Å²) in [7, 11) is 0. The van der Waals surface area contributed by atoms with Gasteiger partial charge in [-0.3, -0.25) is 0 Å². The molecule has 0 atom stereocenters. The third kappa shape index (κ3) is 3.16. The molecule has 4 heteroatoms. The highest BCUT2D eigenvalue weighted by Crippen LogP contribution is 2.29. The Morgan fingerprint density at radius 2 is 1.59 bits per heavy atom. The lowest BCUT2D eigenvalue weighted by Crippen LogP contribution is -1.70. The van der Waals surface area contributed by atoms with Crippen LogP contribution in [-0.4, -0.2) is 0 Å². The molecule has 0 saturated heterocycles. The van der Waals surface area contributed by atoms with Crippen molar-refractivity contribution in [2.45, 2.75) is 4.90 Å². The molecular weight excluding hydrogens is 230 g/mol. The molecule has 2 aromatic rings. The van der Waals surface area contributed by atoms with Crippen molar-refractivity contribution >= 4 is 23.1 Å². The third-order valence-electron chi connectivity index (χ3n) is 2.05. The number of rotatable bonds is 3. The van der Waals surface area contributed by atoms with Crippen LogP contribution in [0.15, 0.2) is 69.7 Å². The predicted molar refractivity (Wildman–Crippen MR) is 68.5 cm³/mol. The zero-order valence-electron chi connectivity index (χ0n) is 8.95. The third-order valence-corrected chi connectivity index (χ3v) is 2.71. The lowest BCUT2D eigenvalue weighted by atomic mass is 10.3. The van der Waals surface area contributed by atoms with Gasteiger partial charge in [0.2, 0.25) is 0 Å². The average molecular weight is 239 g/mol. The van der Waals surface area contributed by atoms with Crippen LogP contribution >= 0.6 is 11.8 Å². The highest BCUT2D eigenvalue weighted by molar-refractivity contribution is 8.03. The number of benzene rings is 2. The predicted octanol–water partition coefficient (Wildman–Crippen LogP) is 4.68. The average Bonchev–Trinajstić information content (AvgIpc) is 2.39. The molecule has 0 N–H and O–H groups in total. The molecule has 3 nitrogen and oxygen atoms in total. The summed E-state index contributed by atoms with van der Waals surface area (Å²) in [6, 6.07) is 16.9. The maximum atomic E-state index is 8.67. The first kappa shape index (κ1) is 11.4. The quantitative estimate of drug-likeness (QED) is 0.443. The van der Waals surface area contributed by atoms with E-state index < -0.39 is 0 Å². The summed E-state index contributed by atoms with van der Waals surface area (Å²) in [6.45, 7) is 0. The molecule has 0 spiro atoms. The molecule has 0 saturated carbocycles. The van der Waals surface area contributed by atoms with Crippen LogP contribution in [0.1, 0.15) is 0 Å². The Morgan fingerprint density at radius 3 is 2.35 bits per heavy atom. The number of hydrogen-bond acceptors (Lipinski definition) is 4. The number of thiocyanates is 1. The van der Waals surface area contributed by atoms with Crippen LogP contribution in [-0.2, 0) is 0 Å². The number of thioether (sulfide) groups is 1. The Labute approximate surface area is 104 Å². The van der Waals surface area contributed by atoms with Crippen LogP contribution in [0.4, 0.5) is 11.4 Å². The molecule has 0 aromatic heterocycles. The first-order valence-electron chi connectivity index (χ1n) is 5.02. The molecule has 2 aromatic carbocycles. The second kappa shape index (κ2) is 5.83. The molecule has 82 valence electrons. The second-order valence-electron chi connectivity index (χ2n) is 3.20. The van der Waals surface area contributed by atoms with Crippen molar-refractivity contribution in [3.05, 3.63) is 54.6 Å². The number of nitriles is 1. The van der Waals surface area contributed by atoms with Gasteiger partial charge in [-0.15, -0.1) is 5.11 Å². The number of hydrogen-bond donors (Lipinski definition) is 0. The second-order valence-corrected chi connectivity index (χ2v) is 4.02. The standard InChI is InChI=1S/C13H9N3S/c14-10-17-13-9-5-4-8-12(13)16-15-11-6-2-1-3-7-11/h1-9H. The van der Waals surface area contributed by atoms with Gasteiger partial charge in [-0.05, 0) is 36.0 Å². The van der Waals surface area contributed by atoms with Crippen molar-refractivity contribution in [2.24, 2.45) is 10.2 Å². The Bertz CT molecular complexity index is 558. The van der Waals surface area contributed by atoms with E-state index in [1.165, 1.54) is 0 Å². The lowest BCUT2D eigenvalue weighted by molar-refractivity contribution is 1.19. The van der Waals surface area contributed by atoms with E-state index in [1.54, 1.807) is 0 Å². The Balaban J connectivity index is 2.25. The van der Waals surface area contributed by atoms with Crippen molar-refractivity contribution < 1.29 is 0 Å². The monoisotopic (exact) mass is 239 g/mol. The Morgan fingerprint density at radius 1 is 0.882 bits per heavy atom. The van der Waals surface area contributed by atoms with Crippen LogP contribution < -0.4 is 0 Å². The minimum Gasteiger partial charge on any atom is -0.185 e. The lowest BCUT2D eigenvalue weighted by Gasteiger charge is -1.98. The molecule has 0 heterocycles. The van der Waals surface area contributed by atoms with Gasteiger partial charge in [0.1, 0.15) is 11.1 Å². The maximum Gasteiger partial charge on any atom is 0.138 e. The normalized spacial score (nSPS) is 10.3. The summed E-state index contributed by atoms with van der Waals surface area (Å²) in [5.74, 6) is 0. The number of azo groups is 1. The molecule has 0 radical (unpaired) electrons. The molecular formula is C13H9N3S. The molecule has 0 unspecified atom stereocenters. The summed E-state index contributed by atoms with van der Waals surface area (Å²) in [4.78, 5) is 0.815. The minimum absolute atomic E-state index is 0.711. The van der Waals surface area contributed by atoms with Gasteiger partial charge < -0.3 is 0 Å². The van der Waals surface area contributed by atoms with Gasteiger partial charge in [0.05, 0.1) is 5.69 Å². The SMILES string of the molecule is N#CSc1ccccc1N=Nc1ccccc1. The van der Waals surface area contributed by atoms with Crippen molar-refractivity contribution in [1.29, 1.82) is 5.26 Å². The summed E-state index contributed by atoms with van der Waals surface area (Å²) in [6.07, 6.45) is 0. The van der Waals surface area contributed by atoms with Gasteiger partial charge >= 0.3 is 0 Å². The fourth-order valence-electron chi connectivity index (χ4n) is 1.28. The van der Waals surface area contributed by atoms with Crippen LogP contribution in [0, 0.1) is 10.7 Å². The molecule has 0 fully saturated rings. The Hall–Kier alpha value is -2.12. The van der Waals surface area contributed by atoms with Crippen molar-refractivity contribution in [1.82, 2.24) is 0 Å². The fraction of sp³-hybridized carbons (Fsp3) is 0. The van der Waals surface area contributed by atoms with Crippen LogP contribution in [0.25, 0.3) is 0 Å². The molecule has 17 heavy (non-hydrogen) atoms. The summed E-state index contributed by atoms with van der Waals surface area (Å²) >= 11 is 1.09. The highest BCUT2D eigenvalue weighted by Gasteiger charge is 2.00. The minimum atomic E-state index is 0.711. The van der Waals surface area contributed by atoms with Crippen molar-refractivity contribution in [3.8, 4) is 5.40 Å². The van der Waals surface area contributed by atoms with E-state index >= 15 is 0 Å². The highest BCUT2D eigenvalue weighted by atomic mass is 32.2. The smallest absolute Gasteiger partial charge is 0.138 e. The van der Waals surface area contributed by atoms with Crippen LogP contribution in [0.3, 0.4) is 0 Å². The van der Waals surface area contributed by atoms with Crippen molar-refractivity contribution in [3.63, 3.8) is 0 Å². The van der Waals surface area contributed by atoms with Gasteiger partial charge in [0.15, 0.2) is 0 Å². The van der Waals surface area contributed by atoms with E-state index in [9.17, 15) is 0 Å². The molecule has 0 bridgehead atoms. The van der Waals surface area contributed by atoms with E-state index in [0.717, 1.165) is 22.3 Å². The van der Waals surface area contributed by atoms with E-state index in [1.807, 2.05) is 60.0 Å². The van der Waals surface area contributed by atoms with Gasteiger partial charge in [-0.25, -0.2) is 0 Å². The zero-order valence-corrected chi connectivity index (χ0v) is 9.76. The van der Waals surface area contributed by atoms with Gasteiger partial charge in [0.25, 0.3) is 0 Å². The van der Waals surface area contributed by atoms with Crippen LogP contribution in [0.5, 0.6) is 0 Å². The van der Waals surface area contributed by atoms with Gasteiger partial charge in [-0.1, -0.05) is 30.3 Å². The van der Waals surface area contributed by atoms with E-state index in [0.29, 0.717) is 5.69 Å². The zero-order chi connectivity index (χ0) is 11.9. The number of nitrogens with zero attached hydrogens (tertiary/aromatic N) is 3. The summed E-state index contributed by atoms with van der Waals surface area (Å²) in [5, 5.41) is 19.0.